The summed E-state index contributed by atoms with van der Waals surface area (Å²) in [6.07, 6.45) is -4.51. The molecule has 0 saturated carbocycles. The average Bonchev–Trinajstić information content (AvgIpc) is 2.68. The van der Waals surface area contributed by atoms with Crippen molar-refractivity contribution in [2.75, 3.05) is 11.5 Å². The lowest BCUT2D eigenvalue weighted by Crippen LogP contribution is -2.24. The molecular formula is C22H21F3N2O. The molecule has 6 heteroatoms. The van der Waals surface area contributed by atoms with Crippen molar-refractivity contribution in [1.29, 1.82) is 0 Å². The van der Waals surface area contributed by atoms with Gasteiger partial charge < -0.3 is 9.64 Å². The largest absolute Gasteiger partial charge is 0.477 e. The topological polar surface area (TPSA) is 25.4 Å². The molecule has 3 rings (SSSR count). The highest BCUT2D eigenvalue weighted by Gasteiger charge is 2.35. The van der Waals surface area contributed by atoms with Crippen LogP contribution in [0.15, 0.2) is 72.8 Å². The molecule has 3 aromatic rings. The molecule has 2 aromatic carbocycles. The van der Waals surface area contributed by atoms with E-state index in [1.54, 1.807) is 6.92 Å². The van der Waals surface area contributed by atoms with Crippen LogP contribution in [-0.2, 0) is 19.3 Å². The Balaban J connectivity index is 1.97. The van der Waals surface area contributed by atoms with Gasteiger partial charge in [-0.3, -0.25) is 0 Å². The van der Waals surface area contributed by atoms with Crippen LogP contribution in [0.4, 0.5) is 19.0 Å². The Kier molecular flexibility index (Phi) is 6.19. The molecule has 3 nitrogen and oxygen atoms in total. The van der Waals surface area contributed by atoms with Crippen molar-refractivity contribution in [2.45, 2.75) is 26.2 Å². The van der Waals surface area contributed by atoms with Gasteiger partial charge in [0, 0.05) is 13.1 Å². The van der Waals surface area contributed by atoms with Crippen LogP contribution < -0.4 is 9.64 Å². The fourth-order valence-electron chi connectivity index (χ4n) is 2.89. The van der Waals surface area contributed by atoms with Gasteiger partial charge in [-0.15, -0.1) is 0 Å². The van der Waals surface area contributed by atoms with E-state index in [4.69, 9.17) is 4.74 Å². The maximum absolute atomic E-state index is 13.3. The molecule has 0 aliphatic rings. The first kappa shape index (κ1) is 19.7. The molecule has 0 radical (unpaired) electrons. The molecule has 1 heterocycles. The average molecular weight is 386 g/mol. The van der Waals surface area contributed by atoms with Crippen molar-refractivity contribution in [3.05, 3.63) is 89.5 Å². The number of ether oxygens (including phenoxy) is 1. The Labute approximate surface area is 162 Å². The lowest BCUT2D eigenvalue weighted by atomic mass is 10.1. The number of rotatable bonds is 7. The minimum atomic E-state index is -4.51. The smallest absolute Gasteiger partial charge is 0.421 e. The minimum Gasteiger partial charge on any atom is -0.477 e. The molecule has 0 N–H and O–H groups in total. The van der Waals surface area contributed by atoms with Crippen molar-refractivity contribution in [3.63, 3.8) is 0 Å². The molecule has 0 bridgehead atoms. The second-order valence-corrected chi connectivity index (χ2v) is 6.28. The normalized spacial score (nSPS) is 11.3. The van der Waals surface area contributed by atoms with E-state index in [-0.39, 0.29) is 6.61 Å². The Morgan fingerprint density at radius 2 is 1.36 bits per heavy atom. The number of pyridine rings is 1. The molecule has 0 saturated heterocycles. The van der Waals surface area contributed by atoms with E-state index in [1.807, 2.05) is 65.6 Å². The maximum Gasteiger partial charge on any atom is 0.421 e. The van der Waals surface area contributed by atoms with Crippen molar-refractivity contribution in [1.82, 2.24) is 4.98 Å². The van der Waals surface area contributed by atoms with Gasteiger partial charge in [0.15, 0.2) is 0 Å². The van der Waals surface area contributed by atoms with Crippen LogP contribution in [-0.4, -0.2) is 11.6 Å². The van der Waals surface area contributed by atoms with Gasteiger partial charge in [-0.05, 0) is 30.2 Å². The van der Waals surface area contributed by atoms with E-state index < -0.39 is 17.6 Å². The number of hydrogen-bond donors (Lipinski definition) is 0. The van der Waals surface area contributed by atoms with Gasteiger partial charge in [-0.2, -0.15) is 18.2 Å². The van der Waals surface area contributed by atoms with E-state index in [0.29, 0.717) is 18.9 Å². The van der Waals surface area contributed by atoms with Crippen LogP contribution >= 0.6 is 0 Å². The highest BCUT2D eigenvalue weighted by atomic mass is 19.4. The molecule has 0 spiro atoms. The quantitative estimate of drug-likeness (QED) is 0.520. The van der Waals surface area contributed by atoms with Crippen molar-refractivity contribution in [3.8, 4) is 5.88 Å². The summed E-state index contributed by atoms with van der Waals surface area (Å²) >= 11 is 0. The molecular weight excluding hydrogens is 365 g/mol. The Bertz CT molecular complexity index is 842. The van der Waals surface area contributed by atoms with E-state index in [0.717, 1.165) is 17.2 Å². The number of alkyl halides is 3. The summed E-state index contributed by atoms with van der Waals surface area (Å²) in [6.45, 7) is 2.77. The fraction of sp³-hybridized carbons (Fsp3) is 0.227. The maximum atomic E-state index is 13.3. The number of benzene rings is 2. The first-order valence-electron chi connectivity index (χ1n) is 9.01. The SMILES string of the molecule is CCOc1nc(N(Cc2ccccc2)Cc2ccccc2)ccc1C(F)(F)F. The Morgan fingerprint density at radius 1 is 0.821 bits per heavy atom. The van der Waals surface area contributed by atoms with Gasteiger partial charge in [0.05, 0.1) is 6.61 Å². The van der Waals surface area contributed by atoms with Crippen LogP contribution in [0.3, 0.4) is 0 Å². The highest BCUT2D eigenvalue weighted by Crippen LogP contribution is 2.36. The second-order valence-electron chi connectivity index (χ2n) is 6.28. The number of anilines is 1. The summed E-state index contributed by atoms with van der Waals surface area (Å²) < 4.78 is 45.0. The molecule has 0 amide bonds. The third kappa shape index (κ3) is 5.03. The zero-order valence-corrected chi connectivity index (χ0v) is 15.5. The third-order valence-corrected chi connectivity index (χ3v) is 4.19. The van der Waals surface area contributed by atoms with Gasteiger partial charge in [-0.1, -0.05) is 60.7 Å². The van der Waals surface area contributed by atoms with Crippen molar-refractivity contribution >= 4 is 5.82 Å². The molecule has 0 fully saturated rings. The van der Waals surface area contributed by atoms with E-state index in [1.165, 1.54) is 6.07 Å². The zero-order chi connectivity index (χ0) is 20.0. The molecule has 28 heavy (non-hydrogen) atoms. The van der Waals surface area contributed by atoms with Gasteiger partial charge in [0.1, 0.15) is 11.4 Å². The molecule has 0 unspecified atom stereocenters. The molecule has 0 aliphatic heterocycles. The van der Waals surface area contributed by atoms with Gasteiger partial charge in [0.2, 0.25) is 5.88 Å². The predicted octanol–water partition coefficient (Wildman–Crippen LogP) is 5.71. The third-order valence-electron chi connectivity index (χ3n) is 4.19. The highest BCUT2D eigenvalue weighted by molar-refractivity contribution is 5.46. The minimum absolute atomic E-state index is 0.108. The fourth-order valence-corrected chi connectivity index (χ4v) is 2.89. The van der Waals surface area contributed by atoms with E-state index >= 15 is 0 Å². The predicted molar refractivity (Wildman–Crippen MR) is 103 cm³/mol. The Morgan fingerprint density at radius 3 is 1.82 bits per heavy atom. The lowest BCUT2D eigenvalue weighted by molar-refractivity contribution is -0.139. The number of aromatic nitrogens is 1. The standard InChI is InChI=1S/C22H21F3N2O/c1-2-28-21-19(22(23,24)25)13-14-20(26-21)27(15-17-9-5-3-6-10-17)16-18-11-7-4-8-12-18/h3-14H,2,15-16H2,1H3. The first-order chi connectivity index (χ1) is 13.5. The van der Waals surface area contributed by atoms with Crippen LogP contribution in [0.2, 0.25) is 0 Å². The summed E-state index contributed by atoms with van der Waals surface area (Å²) in [7, 11) is 0. The van der Waals surface area contributed by atoms with E-state index in [2.05, 4.69) is 4.98 Å². The van der Waals surface area contributed by atoms with Gasteiger partial charge >= 0.3 is 6.18 Å². The summed E-state index contributed by atoms with van der Waals surface area (Å²) in [5.74, 6) is 0.0442. The second kappa shape index (κ2) is 8.78. The summed E-state index contributed by atoms with van der Waals surface area (Å²) in [4.78, 5) is 6.14. The first-order valence-corrected chi connectivity index (χ1v) is 9.01. The van der Waals surface area contributed by atoms with Crippen LogP contribution in [0.5, 0.6) is 5.88 Å². The van der Waals surface area contributed by atoms with Crippen LogP contribution in [0, 0.1) is 0 Å². The molecule has 0 atom stereocenters. The number of nitrogens with zero attached hydrogens (tertiary/aromatic N) is 2. The van der Waals surface area contributed by atoms with Crippen LogP contribution in [0.25, 0.3) is 0 Å². The molecule has 1 aromatic heterocycles. The monoisotopic (exact) mass is 386 g/mol. The number of hydrogen-bond acceptors (Lipinski definition) is 3. The molecule has 146 valence electrons. The van der Waals surface area contributed by atoms with Gasteiger partial charge in [0.25, 0.3) is 0 Å². The summed E-state index contributed by atoms with van der Waals surface area (Å²) in [5, 5.41) is 0. The summed E-state index contributed by atoms with van der Waals surface area (Å²) in [5.41, 5.74) is 1.22. The van der Waals surface area contributed by atoms with Crippen LogP contribution in [0.1, 0.15) is 23.6 Å². The Hall–Kier alpha value is -3.02. The lowest BCUT2D eigenvalue weighted by Gasteiger charge is -2.25. The van der Waals surface area contributed by atoms with E-state index in [9.17, 15) is 13.2 Å². The van der Waals surface area contributed by atoms with Crippen molar-refractivity contribution < 1.29 is 17.9 Å². The summed E-state index contributed by atoms with van der Waals surface area (Å²) in [6, 6.07) is 21.9. The molecule has 0 aliphatic carbocycles. The zero-order valence-electron chi connectivity index (χ0n) is 15.5. The van der Waals surface area contributed by atoms with Crippen molar-refractivity contribution in [2.24, 2.45) is 0 Å². The number of halogens is 3. The van der Waals surface area contributed by atoms with Gasteiger partial charge in [-0.25, -0.2) is 0 Å².